The Hall–Kier alpha value is -2.28. The Bertz CT molecular complexity index is 732. The second-order valence-electron chi connectivity index (χ2n) is 4.37. The van der Waals surface area contributed by atoms with Gasteiger partial charge in [-0.3, -0.25) is 9.48 Å². The molecule has 0 aliphatic rings. The van der Waals surface area contributed by atoms with E-state index in [-0.39, 0.29) is 11.7 Å². The molecule has 3 aromatic rings. The number of para-hydroxylation sites is 2. The number of oxazole rings is 1. The van der Waals surface area contributed by atoms with Gasteiger partial charge in [0.2, 0.25) is 5.91 Å². The lowest BCUT2D eigenvalue weighted by atomic mass is 10.3. The molecule has 2 heterocycles. The van der Waals surface area contributed by atoms with Gasteiger partial charge in [0, 0.05) is 12.7 Å². The van der Waals surface area contributed by atoms with Crippen molar-refractivity contribution >= 4 is 34.5 Å². The maximum absolute atomic E-state index is 11.9. The second-order valence-corrected chi connectivity index (χ2v) is 5.30. The molecule has 0 saturated carbocycles. The van der Waals surface area contributed by atoms with Crippen molar-refractivity contribution in [2.24, 2.45) is 0 Å². The maximum Gasteiger partial charge on any atom is 0.257 e. The summed E-state index contributed by atoms with van der Waals surface area (Å²) in [5.74, 6) is 0.127. The van der Waals surface area contributed by atoms with E-state index in [4.69, 9.17) is 4.42 Å². The molecule has 2 aromatic heterocycles. The first kappa shape index (κ1) is 13.7. The molecule has 108 valence electrons. The number of carbonyl (C=O) groups is 1. The lowest BCUT2D eigenvalue weighted by Gasteiger charge is -1.99. The molecule has 1 aromatic carbocycles. The van der Waals surface area contributed by atoms with Gasteiger partial charge < -0.3 is 9.73 Å². The van der Waals surface area contributed by atoms with Crippen molar-refractivity contribution in [1.29, 1.82) is 0 Å². The summed E-state index contributed by atoms with van der Waals surface area (Å²) in [7, 11) is 0. The first-order valence-electron chi connectivity index (χ1n) is 6.55. The molecule has 6 nitrogen and oxygen atoms in total. The number of nitrogens with zero attached hydrogens (tertiary/aromatic N) is 3. The zero-order chi connectivity index (χ0) is 14.7. The van der Waals surface area contributed by atoms with E-state index < -0.39 is 0 Å². The minimum Gasteiger partial charge on any atom is -0.431 e. The second kappa shape index (κ2) is 6.01. The average molecular weight is 302 g/mol. The Morgan fingerprint density at radius 3 is 3.05 bits per heavy atom. The third-order valence-corrected chi connectivity index (χ3v) is 3.67. The van der Waals surface area contributed by atoms with Gasteiger partial charge in [0.15, 0.2) is 5.58 Å². The molecule has 0 saturated heterocycles. The number of benzene rings is 1. The number of aromatic nitrogens is 3. The van der Waals surface area contributed by atoms with E-state index in [2.05, 4.69) is 15.4 Å². The molecule has 21 heavy (non-hydrogen) atoms. The first-order chi connectivity index (χ1) is 10.2. The van der Waals surface area contributed by atoms with Crippen LogP contribution in [-0.4, -0.2) is 26.4 Å². The van der Waals surface area contributed by atoms with Crippen LogP contribution < -0.4 is 5.32 Å². The number of rotatable bonds is 5. The molecule has 1 N–H and O–H groups in total. The van der Waals surface area contributed by atoms with Crippen molar-refractivity contribution in [3.8, 4) is 0 Å². The summed E-state index contributed by atoms with van der Waals surface area (Å²) in [5.41, 5.74) is 2.22. The number of thioether (sulfide) groups is 1. The maximum atomic E-state index is 11.9. The third kappa shape index (κ3) is 3.25. The molecule has 0 unspecified atom stereocenters. The van der Waals surface area contributed by atoms with E-state index in [1.54, 1.807) is 17.1 Å². The first-order valence-corrected chi connectivity index (χ1v) is 7.54. The number of fused-ring (bicyclic) bond motifs is 1. The van der Waals surface area contributed by atoms with Crippen LogP contribution in [0, 0.1) is 0 Å². The average Bonchev–Trinajstić information content (AvgIpc) is 3.10. The SMILES string of the molecule is CCn1cc(NC(=O)CSc2nc3ccccc3o2)cn1. The van der Waals surface area contributed by atoms with Crippen molar-refractivity contribution < 1.29 is 9.21 Å². The Morgan fingerprint density at radius 2 is 2.29 bits per heavy atom. The predicted octanol–water partition coefficient (Wildman–Crippen LogP) is 2.78. The van der Waals surface area contributed by atoms with Crippen LogP contribution in [0.5, 0.6) is 0 Å². The van der Waals surface area contributed by atoms with Crippen LogP contribution in [0.1, 0.15) is 6.92 Å². The summed E-state index contributed by atoms with van der Waals surface area (Å²) in [6.45, 7) is 2.76. The summed E-state index contributed by atoms with van der Waals surface area (Å²) in [6, 6.07) is 7.52. The molecule has 0 bridgehead atoms. The molecule has 0 aliphatic carbocycles. The predicted molar refractivity (Wildman–Crippen MR) is 81.3 cm³/mol. The van der Waals surface area contributed by atoms with Gasteiger partial charge in [0.1, 0.15) is 5.52 Å². The fraction of sp³-hybridized carbons (Fsp3) is 0.214. The number of anilines is 1. The van der Waals surface area contributed by atoms with E-state index in [9.17, 15) is 4.79 Å². The number of hydrogen-bond acceptors (Lipinski definition) is 5. The van der Waals surface area contributed by atoms with Crippen LogP contribution in [0.25, 0.3) is 11.1 Å². The number of aryl methyl sites for hydroxylation is 1. The van der Waals surface area contributed by atoms with Crippen LogP contribution in [0.15, 0.2) is 46.3 Å². The van der Waals surface area contributed by atoms with Crippen molar-refractivity contribution in [2.75, 3.05) is 11.1 Å². The quantitative estimate of drug-likeness (QED) is 0.734. The van der Waals surface area contributed by atoms with Crippen molar-refractivity contribution in [3.63, 3.8) is 0 Å². The largest absolute Gasteiger partial charge is 0.431 e. The summed E-state index contributed by atoms with van der Waals surface area (Å²) in [5, 5.41) is 7.38. The third-order valence-electron chi connectivity index (χ3n) is 2.84. The lowest BCUT2D eigenvalue weighted by Crippen LogP contribution is -2.13. The van der Waals surface area contributed by atoms with Crippen LogP contribution in [0.2, 0.25) is 0 Å². The fourth-order valence-electron chi connectivity index (χ4n) is 1.84. The minimum absolute atomic E-state index is 0.113. The van der Waals surface area contributed by atoms with E-state index in [1.165, 1.54) is 11.8 Å². The summed E-state index contributed by atoms with van der Waals surface area (Å²) >= 11 is 1.27. The van der Waals surface area contributed by atoms with E-state index >= 15 is 0 Å². The fourth-order valence-corrected chi connectivity index (χ4v) is 2.48. The lowest BCUT2D eigenvalue weighted by molar-refractivity contribution is -0.113. The molecule has 0 atom stereocenters. The Labute approximate surface area is 125 Å². The van der Waals surface area contributed by atoms with Gasteiger partial charge in [0.25, 0.3) is 5.22 Å². The van der Waals surface area contributed by atoms with Crippen molar-refractivity contribution in [1.82, 2.24) is 14.8 Å². The molecule has 3 rings (SSSR count). The zero-order valence-corrected chi connectivity index (χ0v) is 12.3. The Morgan fingerprint density at radius 1 is 1.43 bits per heavy atom. The van der Waals surface area contributed by atoms with E-state index in [0.29, 0.717) is 10.9 Å². The van der Waals surface area contributed by atoms with Gasteiger partial charge >= 0.3 is 0 Å². The number of hydrogen-bond donors (Lipinski definition) is 1. The molecular formula is C14H14N4O2S. The Balaban J connectivity index is 1.57. The van der Waals surface area contributed by atoms with Crippen LogP contribution in [0.4, 0.5) is 5.69 Å². The van der Waals surface area contributed by atoms with Crippen molar-refractivity contribution in [3.05, 3.63) is 36.7 Å². The molecule has 7 heteroatoms. The van der Waals surface area contributed by atoms with Gasteiger partial charge in [-0.2, -0.15) is 5.10 Å². The van der Waals surface area contributed by atoms with Gasteiger partial charge in [0.05, 0.1) is 17.6 Å². The van der Waals surface area contributed by atoms with E-state index in [1.807, 2.05) is 31.2 Å². The molecule has 1 amide bonds. The smallest absolute Gasteiger partial charge is 0.257 e. The highest BCUT2D eigenvalue weighted by atomic mass is 32.2. The summed E-state index contributed by atoms with van der Waals surface area (Å²) in [6.07, 6.45) is 3.42. The van der Waals surface area contributed by atoms with Crippen LogP contribution >= 0.6 is 11.8 Å². The van der Waals surface area contributed by atoms with Crippen LogP contribution in [-0.2, 0) is 11.3 Å². The zero-order valence-electron chi connectivity index (χ0n) is 11.4. The topological polar surface area (TPSA) is 73.0 Å². The molecule has 0 radical (unpaired) electrons. The van der Waals surface area contributed by atoms with Gasteiger partial charge in [-0.25, -0.2) is 4.98 Å². The highest BCUT2D eigenvalue weighted by molar-refractivity contribution is 7.99. The van der Waals surface area contributed by atoms with Gasteiger partial charge in [-0.15, -0.1) is 0 Å². The monoisotopic (exact) mass is 302 g/mol. The van der Waals surface area contributed by atoms with Gasteiger partial charge in [-0.1, -0.05) is 23.9 Å². The number of carbonyl (C=O) groups excluding carboxylic acids is 1. The summed E-state index contributed by atoms with van der Waals surface area (Å²) < 4.78 is 7.30. The Kier molecular flexibility index (Phi) is 3.92. The van der Waals surface area contributed by atoms with E-state index in [0.717, 1.165) is 17.6 Å². The van der Waals surface area contributed by atoms with Crippen molar-refractivity contribution in [2.45, 2.75) is 18.7 Å². The molecular weight excluding hydrogens is 288 g/mol. The molecule has 0 fully saturated rings. The number of amides is 1. The van der Waals surface area contributed by atoms with Crippen LogP contribution in [0.3, 0.4) is 0 Å². The highest BCUT2D eigenvalue weighted by Crippen LogP contribution is 2.23. The molecule has 0 aliphatic heterocycles. The summed E-state index contributed by atoms with van der Waals surface area (Å²) in [4.78, 5) is 16.2. The molecule has 0 spiro atoms. The number of nitrogens with one attached hydrogen (secondary N) is 1. The normalized spacial score (nSPS) is 10.9. The highest BCUT2D eigenvalue weighted by Gasteiger charge is 2.09. The standard InChI is InChI=1S/C14H14N4O2S/c1-2-18-8-10(7-15-18)16-13(19)9-21-14-17-11-5-3-4-6-12(11)20-14/h3-8H,2,9H2,1H3,(H,16,19). The minimum atomic E-state index is -0.113. The van der Waals surface area contributed by atoms with Gasteiger partial charge in [-0.05, 0) is 19.1 Å².